The summed E-state index contributed by atoms with van der Waals surface area (Å²) in [6, 6.07) is -0.908. The van der Waals surface area contributed by atoms with Gasteiger partial charge in [-0.1, -0.05) is 12.8 Å². The molecule has 102 valence electrons. The van der Waals surface area contributed by atoms with Crippen LogP contribution in [0.3, 0.4) is 0 Å². The van der Waals surface area contributed by atoms with E-state index in [0.717, 1.165) is 12.8 Å². The maximum Gasteiger partial charge on any atom is 0.329 e. The molecule has 0 aromatic carbocycles. The van der Waals surface area contributed by atoms with E-state index >= 15 is 0 Å². The third-order valence-corrected chi connectivity index (χ3v) is 3.27. The Bertz CT molecular complexity index is 350. The lowest BCUT2D eigenvalue weighted by atomic mass is 9.97. The van der Waals surface area contributed by atoms with Crippen LogP contribution in [0.15, 0.2) is 0 Å². The fourth-order valence-corrected chi connectivity index (χ4v) is 2.13. The van der Waals surface area contributed by atoms with Crippen LogP contribution in [-0.2, 0) is 14.4 Å². The quantitative estimate of drug-likeness (QED) is 0.488. The second-order valence-corrected chi connectivity index (χ2v) is 4.70. The van der Waals surface area contributed by atoms with Crippen LogP contribution in [-0.4, -0.2) is 34.5 Å². The van der Waals surface area contributed by atoms with Gasteiger partial charge >= 0.3 is 5.97 Å². The molecular weight excluding hydrogens is 238 g/mol. The molecule has 0 bridgehead atoms. The molecule has 0 aromatic heterocycles. The van der Waals surface area contributed by atoms with Gasteiger partial charge in [-0.05, 0) is 19.3 Å². The SMILES string of the molecule is NC(=O)CC[C@H](N)C(=O)NC1(C(=O)O)CCCC1. The molecule has 0 aliphatic heterocycles. The first-order chi connectivity index (χ1) is 8.37. The van der Waals surface area contributed by atoms with E-state index in [9.17, 15) is 19.5 Å². The minimum absolute atomic E-state index is 0.00859. The van der Waals surface area contributed by atoms with Crippen molar-refractivity contribution in [3.63, 3.8) is 0 Å². The van der Waals surface area contributed by atoms with Crippen molar-refractivity contribution in [3.8, 4) is 0 Å². The first kappa shape index (κ1) is 14.4. The first-order valence-corrected chi connectivity index (χ1v) is 5.97. The highest BCUT2D eigenvalue weighted by molar-refractivity contribution is 5.90. The molecular formula is C11H19N3O4. The number of nitrogens with two attached hydrogens (primary N) is 2. The fraction of sp³-hybridized carbons (Fsp3) is 0.727. The molecule has 2 amide bonds. The number of carboxylic acids is 1. The summed E-state index contributed by atoms with van der Waals surface area (Å²) in [5.74, 6) is -2.11. The lowest BCUT2D eigenvalue weighted by Crippen LogP contribution is -2.56. The summed E-state index contributed by atoms with van der Waals surface area (Å²) >= 11 is 0. The molecule has 0 heterocycles. The summed E-state index contributed by atoms with van der Waals surface area (Å²) in [6.45, 7) is 0. The number of hydrogen-bond donors (Lipinski definition) is 4. The number of rotatable bonds is 6. The van der Waals surface area contributed by atoms with Crippen molar-refractivity contribution < 1.29 is 19.5 Å². The van der Waals surface area contributed by atoms with Gasteiger partial charge < -0.3 is 21.9 Å². The third kappa shape index (κ3) is 3.43. The molecule has 7 nitrogen and oxygen atoms in total. The van der Waals surface area contributed by atoms with Crippen LogP contribution in [0.25, 0.3) is 0 Å². The number of carbonyl (C=O) groups is 3. The molecule has 0 saturated heterocycles. The molecule has 1 rings (SSSR count). The predicted molar refractivity (Wildman–Crippen MR) is 63.4 cm³/mol. The van der Waals surface area contributed by atoms with E-state index in [0.29, 0.717) is 12.8 Å². The van der Waals surface area contributed by atoms with E-state index in [1.807, 2.05) is 0 Å². The van der Waals surface area contributed by atoms with Gasteiger partial charge in [-0.3, -0.25) is 9.59 Å². The average molecular weight is 257 g/mol. The van der Waals surface area contributed by atoms with E-state index in [-0.39, 0.29) is 12.8 Å². The van der Waals surface area contributed by atoms with Gasteiger partial charge in [0.25, 0.3) is 0 Å². The number of hydrogen-bond acceptors (Lipinski definition) is 4. The molecule has 1 fully saturated rings. The summed E-state index contributed by atoms with van der Waals surface area (Å²) in [6.07, 6.45) is 2.49. The van der Waals surface area contributed by atoms with Crippen molar-refractivity contribution in [1.29, 1.82) is 0 Å². The van der Waals surface area contributed by atoms with Gasteiger partial charge in [0, 0.05) is 6.42 Å². The monoisotopic (exact) mass is 257 g/mol. The van der Waals surface area contributed by atoms with Crippen molar-refractivity contribution in [2.45, 2.75) is 50.1 Å². The van der Waals surface area contributed by atoms with Crippen LogP contribution >= 0.6 is 0 Å². The zero-order chi connectivity index (χ0) is 13.8. The minimum Gasteiger partial charge on any atom is -0.480 e. The molecule has 6 N–H and O–H groups in total. The smallest absolute Gasteiger partial charge is 0.329 e. The van der Waals surface area contributed by atoms with E-state index in [1.54, 1.807) is 0 Å². The summed E-state index contributed by atoms with van der Waals surface area (Å²) in [4.78, 5) is 33.6. The Kier molecular flexibility index (Phi) is 4.66. The van der Waals surface area contributed by atoms with E-state index in [1.165, 1.54) is 0 Å². The summed E-state index contributed by atoms with van der Waals surface area (Å²) in [5, 5.41) is 11.7. The van der Waals surface area contributed by atoms with Crippen LogP contribution in [0, 0.1) is 0 Å². The average Bonchev–Trinajstić information content (AvgIpc) is 2.75. The van der Waals surface area contributed by atoms with E-state index in [4.69, 9.17) is 11.5 Å². The zero-order valence-corrected chi connectivity index (χ0v) is 10.1. The molecule has 1 aliphatic rings. The number of nitrogens with one attached hydrogen (secondary N) is 1. The topological polar surface area (TPSA) is 136 Å². The molecule has 0 unspecified atom stereocenters. The van der Waals surface area contributed by atoms with Crippen LogP contribution in [0.2, 0.25) is 0 Å². The Morgan fingerprint density at radius 1 is 1.28 bits per heavy atom. The van der Waals surface area contributed by atoms with Crippen molar-refractivity contribution in [3.05, 3.63) is 0 Å². The Morgan fingerprint density at radius 3 is 2.28 bits per heavy atom. The van der Waals surface area contributed by atoms with Crippen LogP contribution in [0.1, 0.15) is 38.5 Å². The molecule has 18 heavy (non-hydrogen) atoms. The second kappa shape index (κ2) is 5.81. The van der Waals surface area contributed by atoms with E-state index < -0.39 is 29.4 Å². The molecule has 7 heteroatoms. The Morgan fingerprint density at radius 2 is 1.83 bits per heavy atom. The fourth-order valence-electron chi connectivity index (χ4n) is 2.13. The largest absolute Gasteiger partial charge is 0.480 e. The minimum atomic E-state index is -1.19. The maximum atomic E-state index is 11.8. The maximum absolute atomic E-state index is 11.8. The molecule has 1 atom stereocenters. The van der Waals surface area contributed by atoms with Gasteiger partial charge in [0.15, 0.2) is 0 Å². The van der Waals surface area contributed by atoms with Gasteiger partial charge in [-0.15, -0.1) is 0 Å². The Hall–Kier alpha value is -1.63. The highest BCUT2D eigenvalue weighted by Gasteiger charge is 2.43. The highest BCUT2D eigenvalue weighted by atomic mass is 16.4. The number of carboxylic acid groups (broad SMARTS) is 1. The van der Waals surface area contributed by atoms with Crippen LogP contribution in [0.4, 0.5) is 0 Å². The van der Waals surface area contributed by atoms with E-state index in [2.05, 4.69) is 5.32 Å². The lowest BCUT2D eigenvalue weighted by molar-refractivity contribution is -0.147. The standard InChI is InChI=1S/C11H19N3O4/c12-7(3-4-8(13)15)9(16)14-11(10(17)18)5-1-2-6-11/h7H,1-6,12H2,(H2,13,15)(H,14,16)(H,17,18)/t7-/m0/s1. The normalized spacial score (nSPS) is 19.2. The van der Waals surface area contributed by atoms with Crippen molar-refractivity contribution in [2.24, 2.45) is 11.5 Å². The predicted octanol–water partition coefficient (Wildman–Crippen LogP) is -0.907. The lowest BCUT2D eigenvalue weighted by Gasteiger charge is -2.26. The van der Waals surface area contributed by atoms with Crippen molar-refractivity contribution in [1.82, 2.24) is 5.32 Å². The number of amides is 2. The summed E-state index contributed by atoms with van der Waals surface area (Å²) < 4.78 is 0. The third-order valence-electron chi connectivity index (χ3n) is 3.27. The highest BCUT2D eigenvalue weighted by Crippen LogP contribution is 2.29. The van der Waals surface area contributed by atoms with Crippen LogP contribution in [0.5, 0.6) is 0 Å². The Balaban J connectivity index is 2.56. The molecule has 0 radical (unpaired) electrons. The Labute approximate surface area is 105 Å². The summed E-state index contributed by atoms with van der Waals surface area (Å²) in [7, 11) is 0. The molecule has 1 aliphatic carbocycles. The first-order valence-electron chi connectivity index (χ1n) is 5.97. The van der Waals surface area contributed by atoms with Gasteiger partial charge in [0.1, 0.15) is 5.54 Å². The van der Waals surface area contributed by atoms with Crippen molar-refractivity contribution in [2.75, 3.05) is 0 Å². The number of carbonyl (C=O) groups excluding carboxylic acids is 2. The van der Waals surface area contributed by atoms with Gasteiger partial charge in [-0.2, -0.15) is 0 Å². The molecule has 1 saturated carbocycles. The molecule has 0 spiro atoms. The summed E-state index contributed by atoms with van der Waals surface area (Å²) in [5.41, 5.74) is 9.36. The zero-order valence-electron chi connectivity index (χ0n) is 10.1. The number of aliphatic carboxylic acids is 1. The van der Waals surface area contributed by atoms with Gasteiger partial charge in [-0.25, -0.2) is 4.79 Å². The van der Waals surface area contributed by atoms with Gasteiger partial charge in [0.2, 0.25) is 11.8 Å². The second-order valence-electron chi connectivity index (χ2n) is 4.70. The van der Waals surface area contributed by atoms with Gasteiger partial charge in [0.05, 0.1) is 6.04 Å². The van der Waals surface area contributed by atoms with Crippen LogP contribution < -0.4 is 16.8 Å². The van der Waals surface area contributed by atoms with Crippen molar-refractivity contribution >= 4 is 17.8 Å². The number of primary amides is 1. The molecule has 0 aromatic rings.